The van der Waals surface area contributed by atoms with E-state index in [0.29, 0.717) is 6.54 Å². The van der Waals surface area contributed by atoms with Gasteiger partial charge >= 0.3 is 0 Å². The lowest BCUT2D eigenvalue weighted by Crippen LogP contribution is -2.40. The summed E-state index contributed by atoms with van der Waals surface area (Å²) in [7, 11) is 1.81. The number of oxime groups is 1. The number of nitrogens with one attached hydrogen (secondary N) is 1. The summed E-state index contributed by atoms with van der Waals surface area (Å²) in [5.74, 6) is 0.362. The van der Waals surface area contributed by atoms with Crippen LogP contribution in [0.25, 0.3) is 0 Å². The van der Waals surface area contributed by atoms with E-state index in [0.717, 1.165) is 19.4 Å². The largest absolute Gasteiger partial charge is 0.409 e. The van der Waals surface area contributed by atoms with Crippen molar-refractivity contribution in [1.82, 2.24) is 10.2 Å². The van der Waals surface area contributed by atoms with Crippen LogP contribution in [0.3, 0.4) is 0 Å². The lowest BCUT2D eigenvalue weighted by Gasteiger charge is -2.23. The molecule has 1 atom stereocenters. The number of rotatable bonds is 5. The molecule has 98 valence electrons. The standard InChI is InChI=1S/C11H22N4O2/c1-11(2,10(12)14-17)5-6-13-8-4-7-15(3)9(8)16/h8,13,17H,4-7H2,1-3H3,(H2,12,14). The number of carbonyl (C=O) groups is 1. The van der Waals surface area contributed by atoms with Gasteiger partial charge in [0.2, 0.25) is 5.91 Å². The molecule has 1 saturated heterocycles. The zero-order valence-corrected chi connectivity index (χ0v) is 10.7. The first-order valence-electron chi connectivity index (χ1n) is 5.85. The summed E-state index contributed by atoms with van der Waals surface area (Å²) in [4.78, 5) is 13.4. The Morgan fingerprint density at radius 1 is 1.71 bits per heavy atom. The smallest absolute Gasteiger partial charge is 0.239 e. The Bertz CT molecular complexity index is 315. The fourth-order valence-corrected chi connectivity index (χ4v) is 1.83. The molecule has 0 radical (unpaired) electrons. The molecule has 6 heteroatoms. The van der Waals surface area contributed by atoms with E-state index < -0.39 is 0 Å². The molecule has 4 N–H and O–H groups in total. The van der Waals surface area contributed by atoms with Crippen molar-refractivity contribution in [1.29, 1.82) is 0 Å². The van der Waals surface area contributed by atoms with E-state index in [1.165, 1.54) is 0 Å². The Morgan fingerprint density at radius 2 is 2.35 bits per heavy atom. The van der Waals surface area contributed by atoms with Crippen LogP contribution in [0, 0.1) is 5.41 Å². The van der Waals surface area contributed by atoms with E-state index in [4.69, 9.17) is 10.9 Å². The SMILES string of the molecule is CN1CCC(NCCC(C)(C)C(N)=NO)C1=O. The van der Waals surface area contributed by atoms with Crippen LogP contribution in [0.15, 0.2) is 5.16 Å². The third-order valence-corrected chi connectivity index (χ3v) is 3.37. The molecule has 6 nitrogen and oxygen atoms in total. The Morgan fingerprint density at radius 3 is 2.82 bits per heavy atom. The van der Waals surface area contributed by atoms with Gasteiger partial charge in [-0.3, -0.25) is 4.79 Å². The summed E-state index contributed by atoms with van der Waals surface area (Å²) in [5, 5.41) is 14.9. The third-order valence-electron chi connectivity index (χ3n) is 3.37. The van der Waals surface area contributed by atoms with Crippen LogP contribution in [0.1, 0.15) is 26.7 Å². The molecule has 0 aromatic rings. The molecular formula is C11H22N4O2. The highest BCUT2D eigenvalue weighted by molar-refractivity contribution is 5.85. The molecule has 0 spiro atoms. The molecule has 0 aliphatic carbocycles. The Kier molecular flexibility index (Phi) is 4.34. The second-order valence-electron chi connectivity index (χ2n) is 5.17. The van der Waals surface area contributed by atoms with Crippen molar-refractivity contribution in [3.05, 3.63) is 0 Å². The van der Waals surface area contributed by atoms with Gasteiger partial charge in [0.15, 0.2) is 0 Å². The fourth-order valence-electron chi connectivity index (χ4n) is 1.83. The van der Waals surface area contributed by atoms with Gasteiger partial charge in [-0.05, 0) is 19.4 Å². The van der Waals surface area contributed by atoms with Crippen LogP contribution in [0.2, 0.25) is 0 Å². The van der Waals surface area contributed by atoms with Gasteiger partial charge in [0.25, 0.3) is 0 Å². The van der Waals surface area contributed by atoms with Crippen LogP contribution in [-0.2, 0) is 4.79 Å². The van der Waals surface area contributed by atoms with Gasteiger partial charge in [-0.1, -0.05) is 19.0 Å². The molecule has 0 saturated carbocycles. The molecule has 0 aromatic heterocycles. The van der Waals surface area contributed by atoms with Gasteiger partial charge in [0, 0.05) is 19.0 Å². The highest BCUT2D eigenvalue weighted by Crippen LogP contribution is 2.20. The first-order valence-corrected chi connectivity index (χ1v) is 5.85. The molecule has 1 fully saturated rings. The molecule has 0 bridgehead atoms. The highest BCUT2D eigenvalue weighted by atomic mass is 16.4. The molecular weight excluding hydrogens is 220 g/mol. The van der Waals surface area contributed by atoms with E-state index >= 15 is 0 Å². The Hall–Kier alpha value is -1.30. The first kappa shape index (κ1) is 13.8. The second kappa shape index (κ2) is 5.35. The minimum absolute atomic E-state index is 0.0805. The van der Waals surface area contributed by atoms with Crippen molar-refractivity contribution < 1.29 is 10.0 Å². The van der Waals surface area contributed by atoms with E-state index in [2.05, 4.69) is 10.5 Å². The zero-order valence-electron chi connectivity index (χ0n) is 10.7. The maximum Gasteiger partial charge on any atom is 0.239 e. The molecule has 1 aliphatic heterocycles. The van der Waals surface area contributed by atoms with E-state index in [9.17, 15) is 4.79 Å². The molecule has 1 unspecified atom stereocenters. The number of amides is 1. The number of likely N-dealkylation sites (tertiary alicyclic amines) is 1. The maximum absolute atomic E-state index is 11.6. The van der Waals surface area contributed by atoms with Crippen molar-refractivity contribution >= 4 is 11.7 Å². The van der Waals surface area contributed by atoms with Gasteiger partial charge in [-0.2, -0.15) is 0 Å². The first-order chi connectivity index (χ1) is 7.88. The highest BCUT2D eigenvalue weighted by Gasteiger charge is 2.29. The fraction of sp³-hybridized carbons (Fsp3) is 0.818. The quantitative estimate of drug-likeness (QED) is 0.273. The van der Waals surface area contributed by atoms with E-state index in [-0.39, 0.29) is 23.2 Å². The third kappa shape index (κ3) is 3.33. The van der Waals surface area contributed by atoms with Crippen molar-refractivity contribution in [2.75, 3.05) is 20.1 Å². The van der Waals surface area contributed by atoms with Gasteiger partial charge in [0.1, 0.15) is 5.84 Å². The summed E-state index contributed by atoms with van der Waals surface area (Å²) >= 11 is 0. The minimum Gasteiger partial charge on any atom is -0.409 e. The average Bonchev–Trinajstić information content (AvgIpc) is 2.59. The van der Waals surface area contributed by atoms with Crippen LogP contribution in [0.4, 0.5) is 0 Å². The van der Waals surface area contributed by atoms with Crippen LogP contribution >= 0.6 is 0 Å². The molecule has 1 heterocycles. The minimum atomic E-state index is -0.366. The number of nitrogens with two attached hydrogens (primary N) is 1. The molecule has 17 heavy (non-hydrogen) atoms. The number of carbonyl (C=O) groups excluding carboxylic acids is 1. The number of likely N-dealkylation sites (N-methyl/N-ethyl adjacent to an activating group) is 1. The van der Waals surface area contributed by atoms with Gasteiger partial charge < -0.3 is 21.2 Å². The predicted octanol–water partition coefficient (Wildman–Crippen LogP) is -0.0306. The lowest BCUT2D eigenvalue weighted by molar-refractivity contribution is -0.128. The molecule has 1 rings (SSSR count). The van der Waals surface area contributed by atoms with Crippen molar-refractivity contribution in [2.24, 2.45) is 16.3 Å². The predicted molar refractivity (Wildman–Crippen MR) is 65.9 cm³/mol. The summed E-state index contributed by atoms with van der Waals surface area (Å²) in [6.45, 7) is 5.30. The van der Waals surface area contributed by atoms with Crippen LogP contribution in [-0.4, -0.2) is 48.0 Å². The number of amidine groups is 1. The molecule has 1 amide bonds. The van der Waals surface area contributed by atoms with Crippen LogP contribution < -0.4 is 11.1 Å². The topological polar surface area (TPSA) is 90.9 Å². The number of hydrogen-bond acceptors (Lipinski definition) is 4. The summed E-state index contributed by atoms with van der Waals surface area (Å²) in [5.41, 5.74) is 5.23. The molecule has 0 aromatic carbocycles. The maximum atomic E-state index is 11.6. The summed E-state index contributed by atoms with van der Waals surface area (Å²) in [6, 6.07) is -0.0805. The van der Waals surface area contributed by atoms with Crippen molar-refractivity contribution in [2.45, 2.75) is 32.7 Å². The summed E-state index contributed by atoms with van der Waals surface area (Å²) < 4.78 is 0. The number of nitrogens with zero attached hydrogens (tertiary/aromatic N) is 2. The molecule has 1 aliphatic rings. The Balaban J connectivity index is 2.36. The zero-order chi connectivity index (χ0) is 13.1. The monoisotopic (exact) mass is 242 g/mol. The van der Waals surface area contributed by atoms with E-state index in [1.807, 2.05) is 20.9 Å². The second-order valence-corrected chi connectivity index (χ2v) is 5.17. The van der Waals surface area contributed by atoms with Crippen molar-refractivity contribution in [3.8, 4) is 0 Å². The number of hydrogen-bond donors (Lipinski definition) is 3. The van der Waals surface area contributed by atoms with Gasteiger partial charge in [-0.15, -0.1) is 0 Å². The van der Waals surface area contributed by atoms with Gasteiger partial charge in [-0.25, -0.2) is 0 Å². The van der Waals surface area contributed by atoms with Crippen LogP contribution in [0.5, 0.6) is 0 Å². The van der Waals surface area contributed by atoms with Gasteiger partial charge in [0.05, 0.1) is 6.04 Å². The van der Waals surface area contributed by atoms with Crippen molar-refractivity contribution in [3.63, 3.8) is 0 Å². The van der Waals surface area contributed by atoms with E-state index in [1.54, 1.807) is 4.90 Å². The average molecular weight is 242 g/mol. The normalized spacial score (nSPS) is 22.3. The lowest BCUT2D eigenvalue weighted by atomic mass is 9.88. The summed E-state index contributed by atoms with van der Waals surface area (Å²) in [6.07, 6.45) is 1.57. The Labute approximate surface area is 102 Å².